The summed E-state index contributed by atoms with van der Waals surface area (Å²) in [6.07, 6.45) is 3.66. The van der Waals surface area contributed by atoms with Crippen molar-refractivity contribution in [1.82, 2.24) is 5.32 Å². The molecule has 14 heavy (non-hydrogen) atoms. The quantitative estimate of drug-likeness (QED) is 0.699. The second-order valence-electron chi connectivity index (χ2n) is 4.84. The van der Waals surface area contributed by atoms with Crippen LogP contribution in [0, 0.1) is 11.3 Å². The van der Waals surface area contributed by atoms with Crippen molar-refractivity contribution in [2.75, 3.05) is 6.54 Å². The van der Waals surface area contributed by atoms with Gasteiger partial charge in [-0.15, -0.1) is 0 Å². The van der Waals surface area contributed by atoms with Crippen LogP contribution in [0.2, 0.25) is 0 Å². The van der Waals surface area contributed by atoms with Crippen molar-refractivity contribution in [2.45, 2.75) is 46.1 Å². The fourth-order valence-electron chi connectivity index (χ4n) is 1.53. The molecule has 1 saturated carbocycles. The van der Waals surface area contributed by atoms with E-state index in [-0.39, 0.29) is 17.9 Å². The lowest BCUT2D eigenvalue weighted by Crippen LogP contribution is -2.45. The molecule has 3 nitrogen and oxygen atoms in total. The Bertz CT molecular complexity index is 209. The molecule has 82 valence electrons. The highest BCUT2D eigenvalue weighted by atomic mass is 16.2. The van der Waals surface area contributed by atoms with E-state index in [0.29, 0.717) is 5.41 Å². The SMILES string of the molecule is CCC1(CNC(=O)[C@H](N)C(C)C)CC1. The Balaban J connectivity index is 2.28. The van der Waals surface area contributed by atoms with E-state index in [0.717, 1.165) is 13.0 Å². The van der Waals surface area contributed by atoms with Crippen LogP contribution in [0.3, 0.4) is 0 Å². The van der Waals surface area contributed by atoms with Crippen LogP contribution >= 0.6 is 0 Å². The predicted molar refractivity (Wildman–Crippen MR) is 57.8 cm³/mol. The van der Waals surface area contributed by atoms with Crippen LogP contribution < -0.4 is 11.1 Å². The molecule has 1 rings (SSSR count). The monoisotopic (exact) mass is 198 g/mol. The molecule has 0 unspecified atom stereocenters. The molecule has 0 aromatic carbocycles. The molecule has 1 aliphatic carbocycles. The summed E-state index contributed by atoms with van der Waals surface area (Å²) in [4.78, 5) is 11.5. The predicted octanol–water partition coefficient (Wildman–Crippen LogP) is 1.28. The van der Waals surface area contributed by atoms with E-state index in [1.54, 1.807) is 0 Å². The molecule has 1 amide bonds. The van der Waals surface area contributed by atoms with E-state index >= 15 is 0 Å². The molecular formula is C11H22N2O. The van der Waals surface area contributed by atoms with Crippen LogP contribution in [-0.2, 0) is 4.79 Å². The van der Waals surface area contributed by atoms with Gasteiger partial charge in [0.15, 0.2) is 0 Å². The van der Waals surface area contributed by atoms with Gasteiger partial charge in [0.05, 0.1) is 6.04 Å². The standard InChI is InChI=1S/C11H22N2O/c1-4-11(5-6-11)7-13-10(14)9(12)8(2)3/h8-9H,4-7,12H2,1-3H3,(H,13,14)/t9-/m1/s1. The normalized spacial score (nSPS) is 20.6. The van der Waals surface area contributed by atoms with E-state index in [2.05, 4.69) is 12.2 Å². The third kappa shape index (κ3) is 2.71. The van der Waals surface area contributed by atoms with Gasteiger partial charge in [-0.1, -0.05) is 20.8 Å². The summed E-state index contributed by atoms with van der Waals surface area (Å²) in [5.74, 6) is 0.214. The molecule has 1 atom stereocenters. The smallest absolute Gasteiger partial charge is 0.237 e. The molecule has 0 aromatic heterocycles. The number of hydrogen-bond donors (Lipinski definition) is 2. The molecule has 0 radical (unpaired) electrons. The first-order valence-electron chi connectivity index (χ1n) is 5.54. The van der Waals surface area contributed by atoms with Crippen molar-refractivity contribution >= 4 is 5.91 Å². The van der Waals surface area contributed by atoms with Crippen molar-refractivity contribution in [1.29, 1.82) is 0 Å². The van der Waals surface area contributed by atoms with Crippen molar-refractivity contribution < 1.29 is 4.79 Å². The van der Waals surface area contributed by atoms with Crippen LogP contribution in [0.5, 0.6) is 0 Å². The van der Waals surface area contributed by atoms with Crippen LogP contribution in [0.4, 0.5) is 0 Å². The maximum atomic E-state index is 11.5. The summed E-state index contributed by atoms with van der Waals surface area (Å²) in [5.41, 5.74) is 6.15. The molecule has 0 heterocycles. The molecule has 3 N–H and O–H groups in total. The summed E-state index contributed by atoms with van der Waals surface area (Å²) < 4.78 is 0. The maximum absolute atomic E-state index is 11.5. The van der Waals surface area contributed by atoms with E-state index < -0.39 is 0 Å². The first-order valence-corrected chi connectivity index (χ1v) is 5.54. The minimum atomic E-state index is -0.359. The topological polar surface area (TPSA) is 55.1 Å². The first kappa shape index (κ1) is 11.5. The van der Waals surface area contributed by atoms with Crippen LogP contribution in [0.15, 0.2) is 0 Å². The molecule has 0 aliphatic heterocycles. The highest BCUT2D eigenvalue weighted by Gasteiger charge is 2.40. The number of carbonyl (C=O) groups is 1. The highest BCUT2D eigenvalue weighted by molar-refractivity contribution is 5.81. The summed E-state index contributed by atoms with van der Waals surface area (Å²) in [6, 6.07) is -0.359. The Morgan fingerprint density at radius 3 is 2.43 bits per heavy atom. The Hall–Kier alpha value is -0.570. The molecule has 1 aliphatic rings. The lowest BCUT2D eigenvalue weighted by atomic mass is 10.0. The average Bonchev–Trinajstić information content (AvgIpc) is 2.93. The van der Waals surface area contributed by atoms with Gasteiger partial charge in [-0.05, 0) is 30.6 Å². The Labute approximate surface area is 86.4 Å². The van der Waals surface area contributed by atoms with E-state index in [4.69, 9.17) is 5.73 Å². The summed E-state index contributed by atoms with van der Waals surface area (Å²) in [7, 11) is 0. The Morgan fingerprint density at radius 1 is 1.50 bits per heavy atom. The Kier molecular flexibility index (Phi) is 3.53. The highest BCUT2D eigenvalue weighted by Crippen LogP contribution is 2.47. The number of hydrogen-bond acceptors (Lipinski definition) is 2. The van der Waals surface area contributed by atoms with E-state index in [1.165, 1.54) is 12.8 Å². The van der Waals surface area contributed by atoms with Gasteiger partial charge in [-0.3, -0.25) is 4.79 Å². The molecule has 0 spiro atoms. The fraction of sp³-hybridized carbons (Fsp3) is 0.909. The number of amides is 1. The van der Waals surface area contributed by atoms with E-state index in [9.17, 15) is 4.79 Å². The van der Waals surface area contributed by atoms with Gasteiger partial charge in [-0.25, -0.2) is 0 Å². The van der Waals surface area contributed by atoms with E-state index in [1.807, 2.05) is 13.8 Å². The molecule has 1 fully saturated rings. The minimum Gasteiger partial charge on any atom is -0.354 e. The second kappa shape index (κ2) is 4.30. The number of nitrogens with two attached hydrogens (primary N) is 1. The zero-order chi connectivity index (χ0) is 10.8. The van der Waals surface area contributed by atoms with Gasteiger partial charge in [0.2, 0.25) is 5.91 Å². The lowest BCUT2D eigenvalue weighted by molar-refractivity contribution is -0.123. The number of carbonyl (C=O) groups excluding carboxylic acids is 1. The zero-order valence-corrected chi connectivity index (χ0v) is 9.47. The number of nitrogens with one attached hydrogen (secondary N) is 1. The first-order chi connectivity index (χ1) is 6.51. The van der Waals surface area contributed by atoms with Gasteiger partial charge in [-0.2, -0.15) is 0 Å². The number of rotatable bonds is 5. The third-order valence-corrected chi connectivity index (χ3v) is 3.37. The molecule has 0 saturated heterocycles. The van der Waals surface area contributed by atoms with Crippen LogP contribution in [-0.4, -0.2) is 18.5 Å². The molecular weight excluding hydrogens is 176 g/mol. The minimum absolute atomic E-state index is 0.000255. The van der Waals surface area contributed by atoms with Crippen molar-refractivity contribution in [2.24, 2.45) is 17.1 Å². The zero-order valence-electron chi connectivity index (χ0n) is 9.47. The van der Waals surface area contributed by atoms with Gasteiger partial charge in [0.1, 0.15) is 0 Å². The van der Waals surface area contributed by atoms with Crippen molar-refractivity contribution in [3.05, 3.63) is 0 Å². The molecule has 3 heteroatoms. The van der Waals surface area contributed by atoms with Crippen molar-refractivity contribution in [3.8, 4) is 0 Å². The van der Waals surface area contributed by atoms with Gasteiger partial charge in [0.25, 0.3) is 0 Å². The van der Waals surface area contributed by atoms with Gasteiger partial charge in [0, 0.05) is 6.54 Å². The second-order valence-corrected chi connectivity index (χ2v) is 4.84. The molecule has 0 bridgehead atoms. The van der Waals surface area contributed by atoms with Crippen molar-refractivity contribution in [3.63, 3.8) is 0 Å². The third-order valence-electron chi connectivity index (χ3n) is 3.37. The fourth-order valence-corrected chi connectivity index (χ4v) is 1.53. The molecule has 0 aromatic rings. The summed E-state index contributed by atoms with van der Waals surface area (Å²) in [5, 5.41) is 2.95. The Morgan fingerprint density at radius 2 is 2.07 bits per heavy atom. The largest absolute Gasteiger partial charge is 0.354 e. The van der Waals surface area contributed by atoms with Gasteiger partial charge >= 0.3 is 0 Å². The maximum Gasteiger partial charge on any atom is 0.237 e. The summed E-state index contributed by atoms with van der Waals surface area (Å²) in [6.45, 7) is 6.93. The average molecular weight is 198 g/mol. The lowest BCUT2D eigenvalue weighted by Gasteiger charge is -2.18. The van der Waals surface area contributed by atoms with Crippen LogP contribution in [0.25, 0.3) is 0 Å². The van der Waals surface area contributed by atoms with Crippen LogP contribution in [0.1, 0.15) is 40.0 Å². The van der Waals surface area contributed by atoms with Gasteiger partial charge < -0.3 is 11.1 Å². The summed E-state index contributed by atoms with van der Waals surface area (Å²) >= 11 is 0.